The second-order valence-corrected chi connectivity index (χ2v) is 19.1. The number of nitrogens with one attached hydrogen (secondary N) is 3. The van der Waals surface area contributed by atoms with Crippen molar-refractivity contribution in [1.82, 2.24) is 16.0 Å². The van der Waals surface area contributed by atoms with Crippen LogP contribution in [-0.2, 0) is 14.6 Å². The summed E-state index contributed by atoms with van der Waals surface area (Å²) in [5.41, 5.74) is 0.551. The monoisotopic (exact) mass is 698 g/mol. The van der Waals surface area contributed by atoms with Gasteiger partial charge >= 0.3 is 10.4 Å². The molecule has 0 radical (unpaired) electrons. The third kappa shape index (κ3) is 10.4. The summed E-state index contributed by atoms with van der Waals surface area (Å²) >= 11 is 0. The fourth-order valence-corrected chi connectivity index (χ4v) is 12.0. The normalized spacial score (nSPS) is 36.5. The highest BCUT2D eigenvalue weighted by atomic mass is 32.3. The van der Waals surface area contributed by atoms with Crippen LogP contribution in [0.25, 0.3) is 0 Å². The van der Waals surface area contributed by atoms with Crippen molar-refractivity contribution in [2.24, 2.45) is 58.2 Å². The highest BCUT2D eigenvalue weighted by Crippen LogP contribution is 2.68. The van der Waals surface area contributed by atoms with E-state index in [2.05, 4.69) is 50.6 Å². The van der Waals surface area contributed by atoms with Gasteiger partial charge in [-0.3, -0.25) is 4.55 Å². The molecule has 48 heavy (non-hydrogen) atoms. The quantitative estimate of drug-likeness (QED) is 0.0668. The molecule has 0 bridgehead atoms. The molecule has 282 valence electrons. The van der Waals surface area contributed by atoms with Gasteiger partial charge in [-0.15, -0.1) is 0 Å². The number of fused-ring (bicyclic) bond motifs is 5. The van der Waals surface area contributed by atoms with E-state index in [9.17, 15) is 18.1 Å². The highest BCUT2D eigenvalue weighted by molar-refractivity contribution is 7.80. The third-order valence-electron chi connectivity index (χ3n) is 14.2. The van der Waals surface area contributed by atoms with Gasteiger partial charge in [0.25, 0.3) is 0 Å². The zero-order valence-corrected chi connectivity index (χ0v) is 32.6. The van der Waals surface area contributed by atoms with E-state index in [0.717, 1.165) is 51.5 Å². The molecule has 0 aliphatic heterocycles. The Morgan fingerprint density at radius 1 is 0.771 bits per heavy atom. The minimum atomic E-state index is -4.46. The molecule has 8 nitrogen and oxygen atoms in total. The zero-order valence-electron chi connectivity index (χ0n) is 31.8. The molecule has 4 aliphatic rings. The minimum Gasteiger partial charge on any atom is -0.393 e. The predicted octanol–water partition coefficient (Wildman–Crippen LogP) is 7.23. The Hall–Kier alpha value is -0.290. The van der Waals surface area contributed by atoms with Crippen molar-refractivity contribution >= 4 is 10.4 Å². The molecule has 4 fully saturated rings. The maximum atomic E-state index is 11.8. The lowest BCUT2D eigenvalue weighted by Gasteiger charge is -2.62. The van der Waals surface area contributed by atoms with E-state index >= 15 is 0 Å². The van der Waals surface area contributed by atoms with E-state index in [1.54, 1.807) is 0 Å². The first-order chi connectivity index (χ1) is 22.7. The van der Waals surface area contributed by atoms with Gasteiger partial charge in [0.1, 0.15) is 0 Å². The zero-order chi connectivity index (χ0) is 35.1. The molecule has 4 aliphatic carbocycles. The van der Waals surface area contributed by atoms with Crippen LogP contribution in [0.2, 0.25) is 0 Å². The van der Waals surface area contributed by atoms with Crippen LogP contribution in [0.1, 0.15) is 138 Å². The molecule has 11 atom stereocenters. The van der Waals surface area contributed by atoms with E-state index < -0.39 is 16.5 Å². The molecule has 4 rings (SSSR count). The number of aliphatic hydroxyl groups excluding tert-OH is 1. The van der Waals surface area contributed by atoms with E-state index in [-0.39, 0.29) is 17.4 Å². The Kier molecular flexibility index (Phi) is 15.1. The van der Waals surface area contributed by atoms with Gasteiger partial charge < -0.3 is 21.1 Å². The summed E-state index contributed by atoms with van der Waals surface area (Å²) in [5, 5.41) is 22.9. The van der Waals surface area contributed by atoms with E-state index in [1.807, 2.05) is 13.8 Å². The van der Waals surface area contributed by atoms with Crippen molar-refractivity contribution in [3.63, 3.8) is 0 Å². The van der Waals surface area contributed by atoms with Crippen LogP contribution in [-0.4, -0.2) is 69.1 Å². The van der Waals surface area contributed by atoms with Crippen LogP contribution >= 0.6 is 0 Å². The molecule has 0 aromatic heterocycles. The number of unbranched alkanes of at least 4 members (excludes halogenated alkanes) is 1. The van der Waals surface area contributed by atoms with Crippen LogP contribution in [0.5, 0.6) is 0 Å². The van der Waals surface area contributed by atoms with E-state index in [4.69, 9.17) is 4.18 Å². The molecule has 0 aromatic carbocycles. The van der Waals surface area contributed by atoms with Crippen molar-refractivity contribution in [3.05, 3.63) is 0 Å². The minimum absolute atomic E-state index is 0.0156. The Balaban J connectivity index is 1.21. The number of aliphatic hydroxyl groups is 1. The molecule has 0 heterocycles. The lowest BCUT2D eigenvalue weighted by Crippen LogP contribution is -2.59. The largest absolute Gasteiger partial charge is 0.397 e. The van der Waals surface area contributed by atoms with Crippen LogP contribution in [0, 0.1) is 58.2 Å². The molecular weight excluding hydrogens is 623 g/mol. The molecule has 4 saturated carbocycles. The van der Waals surface area contributed by atoms with Gasteiger partial charge in [-0.05, 0) is 181 Å². The van der Waals surface area contributed by atoms with Crippen molar-refractivity contribution in [2.45, 2.75) is 157 Å². The van der Waals surface area contributed by atoms with Crippen molar-refractivity contribution in [1.29, 1.82) is 0 Å². The molecule has 5 N–H and O–H groups in total. The molecule has 0 amide bonds. The molecule has 0 spiro atoms. The van der Waals surface area contributed by atoms with Crippen molar-refractivity contribution in [3.8, 4) is 0 Å². The van der Waals surface area contributed by atoms with Crippen molar-refractivity contribution < 1.29 is 22.3 Å². The summed E-state index contributed by atoms with van der Waals surface area (Å²) in [6.45, 7) is 21.4. The third-order valence-corrected chi connectivity index (χ3v) is 14.6. The van der Waals surface area contributed by atoms with Gasteiger partial charge in [0.2, 0.25) is 0 Å². The Morgan fingerprint density at radius 3 is 2.08 bits per heavy atom. The molecular formula is C39H75N3O5S. The lowest BCUT2D eigenvalue weighted by atomic mass is 9.43. The molecule has 3 unspecified atom stereocenters. The predicted molar refractivity (Wildman–Crippen MR) is 197 cm³/mol. The molecule has 0 aromatic rings. The smallest absolute Gasteiger partial charge is 0.393 e. The summed E-state index contributed by atoms with van der Waals surface area (Å²) in [5.74, 6) is 4.00. The second-order valence-electron chi connectivity index (χ2n) is 18.1. The van der Waals surface area contributed by atoms with Gasteiger partial charge in [0.05, 0.1) is 12.2 Å². The Labute approximate surface area is 295 Å². The maximum Gasteiger partial charge on any atom is 0.397 e. The van der Waals surface area contributed by atoms with Gasteiger partial charge in [-0.25, -0.2) is 4.18 Å². The van der Waals surface area contributed by atoms with E-state index in [1.165, 1.54) is 70.6 Å². The summed E-state index contributed by atoms with van der Waals surface area (Å²) in [7, 11) is -4.46. The fourth-order valence-electron chi connectivity index (χ4n) is 11.3. The van der Waals surface area contributed by atoms with Crippen molar-refractivity contribution in [2.75, 3.05) is 32.7 Å². The number of hydrogen-bond donors (Lipinski definition) is 5. The van der Waals surface area contributed by atoms with Crippen LogP contribution in [0.4, 0.5) is 0 Å². The first-order valence-electron chi connectivity index (χ1n) is 20.1. The lowest BCUT2D eigenvalue weighted by molar-refractivity contribution is -0.167. The highest BCUT2D eigenvalue weighted by Gasteiger charge is 2.62. The topological polar surface area (TPSA) is 120 Å². The van der Waals surface area contributed by atoms with Crippen LogP contribution in [0.15, 0.2) is 0 Å². The van der Waals surface area contributed by atoms with Crippen LogP contribution in [0.3, 0.4) is 0 Å². The average molecular weight is 698 g/mol. The summed E-state index contributed by atoms with van der Waals surface area (Å²) in [4.78, 5) is 0. The maximum absolute atomic E-state index is 11.8. The first kappa shape index (κ1) is 40.5. The Bertz CT molecular complexity index is 1070. The Morgan fingerprint density at radius 2 is 1.42 bits per heavy atom. The molecule has 0 saturated heterocycles. The molecule has 9 heteroatoms. The summed E-state index contributed by atoms with van der Waals surface area (Å²) < 4.78 is 37.2. The standard InChI is InChI=1S/C39H75N3O5S/c1-27(2)17-24-41-21-9-8-20-40-22-10-23-42-31-15-18-38(6)30(25-31)26-35(43)37-33-13-12-32(39(33,7)19-16-34(37)38)29(5)11-14-36(28(3)4)47-48(44,45)46/h27-37,40-43H,8-26H2,1-7H3,(H,44,45,46)/t29-,30+,31+,32-,33?,34?,35+,36-,37?,38+,39-/m1/s1. The second kappa shape index (κ2) is 18.0. The fraction of sp³-hybridized carbons (Fsp3) is 1.00. The number of rotatable bonds is 20. The van der Waals surface area contributed by atoms with Crippen LogP contribution < -0.4 is 16.0 Å². The first-order valence-corrected chi connectivity index (χ1v) is 21.5. The van der Waals surface area contributed by atoms with Gasteiger partial charge in [-0.2, -0.15) is 8.42 Å². The van der Waals surface area contributed by atoms with Gasteiger partial charge in [0.15, 0.2) is 0 Å². The summed E-state index contributed by atoms with van der Waals surface area (Å²) in [6, 6.07) is 0.578. The van der Waals surface area contributed by atoms with Gasteiger partial charge in [0, 0.05) is 6.04 Å². The SMILES string of the molecule is CC(C)CCNCCCCNCCCN[C@H]1CC[C@]2(C)C3CC[C@@]4(C)C(CC[C@@H]4[C@H](C)CC[C@@H](OS(=O)(=O)O)C(C)C)C3[C@@H](O)C[C@@H]2C1. The number of hydrogen-bond acceptors (Lipinski definition) is 7. The summed E-state index contributed by atoms with van der Waals surface area (Å²) in [6.07, 6.45) is 15.3. The van der Waals surface area contributed by atoms with Gasteiger partial charge in [-0.1, -0.05) is 48.5 Å². The van der Waals surface area contributed by atoms with E-state index in [0.29, 0.717) is 53.4 Å². The average Bonchev–Trinajstić information content (AvgIpc) is 3.36.